The van der Waals surface area contributed by atoms with Gasteiger partial charge < -0.3 is 4.12 Å². The van der Waals surface area contributed by atoms with E-state index in [-0.39, 0.29) is 46.5 Å². The summed E-state index contributed by atoms with van der Waals surface area (Å²) in [7, 11) is -3.05. The molecule has 0 heterocycles. The van der Waals surface area contributed by atoms with Gasteiger partial charge in [-0.15, -0.1) is 31.2 Å². The first-order valence-corrected chi connectivity index (χ1v) is 12.6. The van der Waals surface area contributed by atoms with Crippen LogP contribution in [0, 0.1) is 6.08 Å². The van der Waals surface area contributed by atoms with Crippen LogP contribution in [0.25, 0.3) is 0 Å². The number of rotatable bonds is 5. The molecule has 0 aromatic rings. The van der Waals surface area contributed by atoms with Crippen LogP contribution >= 0.6 is 24.8 Å². The van der Waals surface area contributed by atoms with Crippen molar-refractivity contribution >= 4 is 41.4 Å². The summed E-state index contributed by atoms with van der Waals surface area (Å²) in [6, 6.07) is 0. The van der Waals surface area contributed by atoms with Gasteiger partial charge in [0.25, 0.3) is 0 Å². The molecule has 0 amide bonds. The van der Waals surface area contributed by atoms with Crippen LogP contribution in [0.3, 0.4) is 0 Å². The van der Waals surface area contributed by atoms with Gasteiger partial charge in [-0.05, 0) is 38.3 Å². The molecule has 0 saturated carbocycles. The molecule has 1 unspecified atom stereocenters. The molecule has 0 spiro atoms. The average Bonchev–Trinajstić information content (AvgIpc) is 2.52. The zero-order chi connectivity index (χ0) is 12.4. The van der Waals surface area contributed by atoms with E-state index in [1.807, 2.05) is 0 Å². The zero-order valence-electron chi connectivity index (χ0n) is 12.9. The molecule has 6 heteroatoms. The first-order chi connectivity index (χ1) is 7.26. The van der Waals surface area contributed by atoms with Gasteiger partial charge in [-0.1, -0.05) is 13.3 Å². The second-order valence-electron chi connectivity index (χ2n) is 6.02. The van der Waals surface area contributed by atoms with Gasteiger partial charge in [0.2, 0.25) is 0 Å². The van der Waals surface area contributed by atoms with E-state index in [0.717, 1.165) is 6.42 Å². The Morgan fingerprint density at radius 3 is 2.05 bits per heavy atom. The van der Waals surface area contributed by atoms with E-state index in [2.05, 4.69) is 57.9 Å². The smallest absolute Gasteiger partial charge is 0.177 e. The summed E-state index contributed by atoms with van der Waals surface area (Å²) in [5.41, 5.74) is 2.01. The molecule has 1 aliphatic rings. The van der Waals surface area contributed by atoms with Crippen molar-refractivity contribution in [2.45, 2.75) is 58.0 Å². The first kappa shape index (κ1) is 25.1. The third-order valence-corrected chi connectivity index (χ3v) is 9.87. The maximum atomic E-state index is 6.47. The fraction of sp³-hybridized carbons (Fsp3) is 0.692. The van der Waals surface area contributed by atoms with Crippen molar-refractivity contribution in [1.29, 1.82) is 0 Å². The molecular formula is C13H27Cl2OSi2Ti-. The SMILES string of the molecule is CCC(C1=[C-]CC=C1)[Si](C)(C)O[Si](C)(C)C.Cl.Cl.[Ti]. The molecule has 112 valence electrons. The van der Waals surface area contributed by atoms with Gasteiger partial charge in [-0.25, -0.2) is 11.6 Å². The van der Waals surface area contributed by atoms with Crippen LogP contribution in [0.5, 0.6) is 0 Å². The topological polar surface area (TPSA) is 9.23 Å². The van der Waals surface area contributed by atoms with E-state index in [1.54, 1.807) is 0 Å². The van der Waals surface area contributed by atoms with Gasteiger partial charge in [0.1, 0.15) is 0 Å². The van der Waals surface area contributed by atoms with Crippen molar-refractivity contribution in [3.05, 3.63) is 23.8 Å². The van der Waals surface area contributed by atoms with Crippen molar-refractivity contribution in [2.75, 3.05) is 0 Å². The quantitative estimate of drug-likeness (QED) is 0.465. The van der Waals surface area contributed by atoms with Gasteiger partial charge in [-0.3, -0.25) is 6.08 Å². The molecule has 0 bridgehead atoms. The Labute approximate surface area is 148 Å². The first-order valence-electron chi connectivity index (χ1n) is 6.23. The molecule has 1 nitrogen and oxygen atoms in total. The third kappa shape index (κ3) is 8.25. The van der Waals surface area contributed by atoms with Gasteiger partial charge in [0, 0.05) is 21.7 Å². The number of halogens is 2. The fourth-order valence-corrected chi connectivity index (χ4v) is 11.4. The van der Waals surface area contributed by atoms with Crippen LogP contribution in [0.15, 0.2) is 17.7 Å². The number of hydrogen-bond donors (Lipinski definition) is 0. The van der Waals surface area contributed by atoms with Crippen LogP contribution in [0.2, 0.25) is 38.3 Å². The molecule has 1 atom stereocenters. The van der Waals surface area contributed by atoms with Crippen molar-refractivity contribution in [2.24, 2.45) is 0 Å². The Morgan fingerprint density at radius 2 is 1.74 bits per heavy atom. The van der Waals surface area contributed by atoms with Crippen LogP contribution < -0.4 is 0 Å². The molecule has 0 aromatic carbocycles. The second kappa shape index (κ2) is 9.99. The Hall–Kier alpha value is 1.17. The van der Waals surface area contributed by atoms with Crippen LogP contribution in [0.4, 0.5) is 0 Å². The van der Waals surface area contributed by atoms with Gasteiger partial charge in [0.05, 0.1) is 0 Å². The van der Waals surface area contributed by atoms with Crippen LogP contribution in [-0.2, 0) is 25.8 Å². The van der Waals surface area contributed by atoms with Crippen molar-refractivity contribution in [3.63, 3.8) is 0 Å². The summed E-state index contributed by atoms with van der Waals surface area (Å²) < 4.78 is 6.47. The summed E-state index contributed by atoms with van der Waals surface area (Å²) in [4.78, 5) is 0. The van der Waals surface area contributed by atoms with E-state index < -0.39 is 16.6 Å². The molecule has 0 N–H and O–H groups in total. The van der Waals surface area contributed by atoms with E-state index in [9.17, 15) is 0 Å². The van der Waals surface area contributed by atoms with E-state index in [4.69, 9.17) is 4.12 Å². The summed E-state index contributed by atoms with van der Waals surface area (Å²) >= 11 is 0. The largest absolute Gasteiger partial charge is 0.455 e. The van der Waals surface area contributed by atoms with E-state index in [1.165, 1.54) is 12.0 Å². The predicted octanol–water partition coefficient (Wildman–Crippen LogP) is 5.35. The normalized spacial score (nSPS) is 15.8. The molecule has 0 radical (unpaired) electrons. The monoisotopic (exact) mass is 373 g/mol. The number of hydrogen-bond acceptors (Lipinski definition) is 1. The molecule has 0 saturated heterocycles. The number of allylic oxidation sites excluding steroid dienone is 4. The fourth-order valence-electron chi connectivity index (χ4n) is 2.61. The molecule has 19 heavy (non-hydrogen) atoms. The molecule has 0 aromatic heterocycles. The summed E-state index contributed by atoms with van der Waals surface area (Å²) in [5, 5.41) is 0. The summed E-state index contributed by atoms with van der Waals surface area (Å²) in [6.07, 6.45) is 10.1. The summed E-state index contributed by atoms with van der Waals surface area (Å²) in [6.45, 7) is 13.9. The Balaban J connectivity index is -0.000000853. The molecule has 0 fully saturated rings. The van der Waals surface area contributed by atoms with Crippen molar-refractivity contribution in [3.8, 4) is 0 Å². The minimum absolute atomic E-state index is 0. The molecule has 1 rings (SSSR count). The Kier molecular flexibility index (Phi) is 13.2. The van der Waals surface area contributed by atoms with Gasteiger partial charge in [-0.2, -0.15) is 6.08 Å². The standard InChI is InChI=1S/C13H25OSi2.2ClH.Ti/c1-7-13(12-10-8-9-11-12)16(5,6)14-15(2,3)4;;;/h8,10,13H,7,9H2,1-6H3;2*1H;/q-1;;;. The maximum absolute atomic E-state index is 6.47. The third-order valence-electron chi connectivity index (χ3n) is 2.91. The van der Waals surface area contributed by atoms with Crippen molar-refractivity contribution < 1.29 is 25.8 Å². The van der Waals surface area contributed by atoms with Gasteiger partial charge >= 0.3 is 0 Å². The molecule has 1 aliphatic carbocycles. The van der Waals surface area contributed by atoms with Gasteiger partial charge in [0.15, 0.2) is 16.6 Å². The summed E-state index contributed by atoms with van der Waals surface area (Å²) in [5.74, 6) is 0. The zero-order valence-corrected chi connectivity index (χ0v) is 18.1. The van der Waals surface area contributed by atoms with E-state index >= 15 is 0 Å². The minimum atomic E-state index is -1.62. The predicted molar refractivity (Wildman–Crippen MR) is 91.0 cm³/mol. The van der Waals surface area contributed by atoms with E-state index in [0.29, 0.717) is 5.54 Å². The minimum Gasteiger partial charge on any atom is -0.455 e. The maximum Gasteiger partial charge on any atom is 0.177 e. The van der Waals surface area contributed by atoms with Crippen molar-refractivity contribution in [1.82, 2.24) is 0 Å². The molecular weight excluding hydrogens is 347 g/mol. The van der Waals surface area contributed by atoms with Crippen LogP contribution in [0.1, 0.15) is 19.8 Å². The van der Waals surface area contributed by atoms with Crippen LogP contribution in [-0.4, -0.2) is 16.6 Å². The molecule has 0 aliphatic heterocycles. The second-order valence-corrected chi connectivity index (χ2v) is 15.0. The average molecular weight is 374 g/mol. The Bertz CT molecular complexity index is 312. The Morgan fingerprint density at radius 1 is 1.21 bits per heavy atom.